The molecule has 0 bridgehead atoms. The van der Waals surface area contributed by atoms with Crippen molar-refractivity contribution in [2.24, 2.45) is 0 Å². The summed E-state index contributed by atoms with van der Waals surface area (Å²) < 4.78 is 0. The highest BCUT2D eigenvalue weighted by Crippen LogP contribution is 2.26. The Kier molecular flexibility index (Phi) is 3.27. The summed E-state index contributed by atoms with van der Waals surface area (Å²) in [5.41, 5.74) is 2.89. The van der Waals surface area contributed by atoms with E-state index in [2.05, 4.69) is 45.2 Å². The van der Waals surface area contributed by atoms with Crippen LogP contribution in [0.2, 0.25) is 0 Å². The monoisotopic (exact) mass is 293 g/mol. The number of nitrogens with zero attached hydrogens (tertiary/aromatic N) is 4. The zero-order chi connectivity index (χ0) is 14.9. The van der Waals surface area contributed by atoms with Crippen LogP contribution in [0.4, 0.5) is 5.82 Å². The fourth-order valence-electron chi connectivity index (χ4n) is 2.93. The lowest BCUT2D eigenvalue weighted by Gasteiger charge is -2.33. The average Bonchev–Trinajstić information content (AvgIpc) is 3.00. The number of benzene rings is 1. The third kappa shape index (κ3) is 2.33. The molecule has 0 amide bonds. The zero-order valence-corrected chi connectivity index (χ0v) is 12.7. The Bertz CT molecular complexity index is 786. The highest BCUT2D eigenvalue weighted by Gasteiger charge is 2.16. The minimum Gasteiger partial charge on any atom is -0.354 e. The Morgan fingerprint density at radius 3 is 2.64 bits per heavy atom. The van der Waals surface area contributed by atoms with E-state index in [1.54, 1.807) is 0 Å². The summed E-state index contributed by atoms with van der Waals surface area (Å²) in [7, 11) is 2.16. The summed E-state index contributed by atoms with van der Waals surface area (Å²) in [5.74, 6) is 1.04. The molecule has 1 saturated heterocycles. The van der Waals surface area contributed by atoms with Crippen LogP contribution >= 0.6 is 0 Å². The van der Waals surface area contributed by atoms with E-state index in [0.29, 0.717) is 0 Å². The Morgan fingerprint density at radius 1 is 0.955 bits per heavy atom. The average molecular weight is 293 g/mol. The lowest BCUT2D eigenvalue weighted by atomic mass is 10.1. The van der Waals surface area contributed by atoms with Crippen molar-refractivity contribution in [1.29, 1.82) is 0 Å². The first-order chi connectivity index (χ1) is 10.8. The van der Waals surface area contributed by atoms with E-state index in [1.165, 1.54) is 0 Å². The number of aromatic amines is 1. The zero-order valence-electron chi connectivity index (χ0n) is 12.7. The molecule has 1 aromatic carbocycles. The summed E-state index contributed by atoms with van der Waals surface area (Å²) >= 11 is 0. The molecule has 0 radical (unpaired) electrons. The quantitative estimate of drug-likeness (QED) is 0.788. The molecule has 0 spiro atoms. The van der Waals surface area contributed by atoms with Gasteiger partial charge in [0.05, 0.1) is 11.2 Å². The van der Waals surface area contributed by atoms with Gasteiger partial charge in [0, 0.05) is 31.6 Å². The molecule has 3 heterocycles. The summed E-state index contributed by atoms with van der Waals surface area (Å²) in [6, 6.07) is 14.4. The van der Waals surface area contributed by atoms with Crippen LogP contribution in [0.25, 0.3) is 22.3 Å². The van der Waals surface area contributed by atoms with Crippen LogP contribution in [0.1, 0.15) is 0 Å². The lowest BCUT2D eigenvalue weighted by molar-refractivity contribution is 0.312. The predicted molar refractivity (Wildman–Crippen MR) is 89.0 cm³/mol. The highest BCUT2D eigenvalue weighted by molar-refractivity contribution is 5.91. The van der Waals surface area contributed by atoms with Gasteiger partial charge in [-0.2, -0.15) is 5.10 Å². The number of H-pyrrole nitrogens is 1. The van der Waals surface area contributed by atoms with Crippen molar-refractivity contribution >= 4 is 16.7 Å². The number of hydrogen-bond donors (Lipinski definition) is 1. The molecule has 0 aliphatic carbocycles. The number of aromatic nitrogens is 3. The van der Waals surface area contributed by atoms with E-state index in [1.807, 2.05) is 24.3 Å². The van der Waals surface area contributed by atoms with Crippen LogP contribution in [0.15, 0.2) is 42.5 Å². The third-order valence-electron chi connectivity index (χ3n) is 4.27. The molecule has 4 rings (SSSR count). The summed E-state index contributed by atoms with van der Waals surface area (Å²) in [6.07, 6.45) is 0. The number of anilines is 1. The second-order valence-electron chi connectivity index (χ2n) is 5.79. The number of nitrogens with one attached hydrogen (secondary N) is 1. The largest absolute Gasteiger partial charge is 0.354 e. The van der Waals surface area contributed by atoms with Gasteiger partial charge in [0.25, 0.3) is 0 Å². The van der Waals surface area contributed by atoms with Gasteiger partial charge in [-0.1, -0.05) is 24.3 Å². The van der Waals surface area contributed by atoms with Gasteiger partial charge in [-0.05, 0) is 25.2 Å². The van der Waals surface area contributed by atoms with E-state index in [9.17, 15) is 0 Å². The molecule has 1 aliphatic rings. The van der Waals surface area contributed by atoms with Gasteiger partial charge in [0.2, 0.25) is 0 Å². The Morgan fingerprint density at radius 2 is 1.77 bits per heavy atom. The van der Waals surface area contributed by atoms with Gasteiger partial charge >= 0.3 is 0 Å². The van der Waals surface area contributed by atoms with Crippen LogP contribution < -0.4 is 4.90 Å². The number of rotatable bonds is 2. The van der Waals surface area contributed by atoms with Crippen molar-refractivity contribution in [2.45, 2.75) is 0 Å². The number of pyridine rings is 1. The highest BCUT2D eigenvalue weighted by atomic mass is 15.3. The van der Waals surface area contributed by atoms with Crippen molar-refractivity contribution in [3.8, 4) is 11.4 Å². The fourth-order valence-corrected chi connectivity index (χ4v) is 2.93. The Balaban J connectivity index is 1.70. The van der Waals surface area contributed by atoms with Crippen LogP contribution in [0.3, 0.4) is 0 Å². The van der Waals surface area contributed by atoms with Gasteiger partial charge < -0.3 is 9.80 Å². The molecule has 1 N–H and O–H groups in total. The molecule has 1 aliphatic heterocycles. The number of hydrogen-bond acceptors (Lipinski definition) is 4. The topological polar surface area (TPSA) is 48.0 Å². The van der Waals surface area contributed by atoms with E-state index in [4.69, 9.17) is 4.98 Å². The Hall–Kier alpha value is -2.40. The molecule has 22 heavy (non-hydrogen) atoms. The van der Waals surface area contributed by atoms with E-state index < -0.39 is 0 Å². The van der Waals surface area contributed by atoms with Gasteiger partial charge in [-0.15, -0.1) is 0 Å². The predicted octanol–water partition coefficient (Wildman–Crippen LogP) is 2.38. The summed E-state index contributed by atoms with van der Waals surface area (Å²) in [5, 5.41) is 8.65. The summed E-state index contributed by atoms with van der Waals surface area (Å²) in [4.78, 5) is 9.53. The SMILES string of the molecule is CN1CCN(c2cccc(-c3n[nH]c4ccccc34)n2)CC1. The first kappa shape index (κ1) is 13.3. The second kappa shape index (κ2) is 5.42. The van der Waals surface area contributed by atoms with Crippen molar-refractivity contribution in [2.75, 3.05) is 38.1 Å². The van der Waals surface area contributed by atoms with E-state index in [0.717, 1.165) is 54.3 Å². The van der Waals surface area contributed by atoms with Crippen molar-refractivity contribution in [3.63, 3.8) is 0 Å². The molecule has 5 nitrogen and oxygen atoms in total. The number of para-hydroxylation sites is 1. The standard InChI is InChI=1S/C17H19N5/c1-21-9-11-22(12-10-21)16-8-4-7-15(18-16)17-13-5-2-3-6-14(13)19-20-17/h2-8H,9-12H2,1H3,(H,19,20). The molecule has 112 valence electrons. The van der Waals surface area contributed by atoms with Crippen molar-refractivity contribution in [3.05, 3.63) is 42.5 Å². The smallest absolute Gasteiger partial charge is 0.129 e. The molecule has 0 unspecified atom stereocenters. The molecule has 3 aromatic rings. The third-order valence-corrected chi connectivity index (χ3v) is 4.27. The first-order valence-electron chi connectivity index (χ1n) is 7.65. The maximum atomic E-state index is 4.84. The molecule has 0 atom stereocenters. The van der Waals surface area contributed by atoms with Crippen LogP contribution in [0.5, 0.6) is 0 Å². The van der Waals surface area contributed by atoms with Crippen LogP contribution in [-0.2, 0) is 0 Å². The molecular formula is C17H19N5. The minimum absolute atomic E-state index is 0.923. The maximum absolute atomic E-state index is 4.84. The molecule has 0 saturated carbocycles. The minimum atomic E-state index is 0.923. The van der Waals surface area contributed by atoms with Gasteiger partial charge in [0.15, 0.2) is 0 Å². The maximum Gasteiger partial charge on any atom is 0.129 e. The second-order valence-corrected chi connectivity index (χ2v) is 5.79. The van der Waals surface area contributed by atoms with Crippen LogP contribution in [0, 0.1) is 0 Å². The van der Waals surface area contributed by atoms with Crippen molar-refractivity contribution in [1.82, 2.24) is 20.1 Å². The lowest BCUT2D eigenvalue weighted by Crippen LogP contribution is -2.44. The van der Waals surface area contributed by atoms with E-state index in [-0.39, 0.29) is 0 Å². The van der Waals surface area contributed by atoms with Crippen LogP contribution in [-0.4, -0.2) is 53.3 Å². The van der Waals surface area contributed by atoms with E-state index >= 15 is 0 Å². The number of likely N-dealkylation sites (N-methyl/N-ethyl adjacent to an activating group) is 1. The van der Waals surface area contributed by atoms with Gasteiger partial charge in [-0.25, -0.2) is 4.98 Å². The normalized spacial score (nSPS) is 16.3. The number of piperazine rings is 1. The molecular weight excluding hydrogens is 274 g/mol. The number of fused-ring (bicyclic) bond motifs is 1. The summed E-state index contributed by atoms with van der Waals surface area (Å²) in [6.45, 7) is 4.21. The Labute approximate surface area is 129 Å². The molecule has 5 heteroatoms. The van der Waals surface area contributed by atoms with Crippen molar-refractivity contribution < 1.29 is 0 Å². The molecule has 2 aromatic heterocycles. The molecule has 1 fully saturated rings. The van der Waals surface area contributed by atoms with Gasteiger partial charge in [-0.3, -0.25) is 5.10 Å². The fraction of sp³-hybridized carbons (Fsp3) is 0.294. The first-order valence-corrected chi connectivity index (χ1v) is 7.65. The van der Waals surface area contributed by atoms with Gasteiger partial charge in [0.1, 0.15) is 11.5 Å².